The Balaban J connectivity index is 0.00000240. The lowest BCUT2D eigenvalue weighted by molar-refractivity contribution is -0.200. The molecule has 2 aliphatic heterocycles. The molecule has 3 fully saturated rings. The summed E-state index contributed by atoms with van der Waals surface area (Å²) >= 11 is 0. The minimum absolute atomic E-state index is 0. The summed E-state index contributed by atoms with van der Waals surface area (Å²) in [4.78, 5) is 28.8. The molecule has 29 heavy (non-hydrogen) atoms. The van der Waals surface area contributed by atoms with E-state index in [9.17, 15) is 9.59 Å². The van der Waals surface area contributed by atoms with Gasteiger partial charge in [0.15, 0.2) is 5.78 Å². The number of likely N-dealkylation sites (N-methyl/N-ethyl adjacent to an activating group) is 1. The van der Waals surface area contributed by atoms with Crippen molar-refractivity contribution < 1.29 is 14.3 Å². The lowest BCUT2D eigenvalue weighted by atomic mass is 9.87. The number of halogens is 1. The standard InChI is InChI=1S/C23H32N2O3.ClH/c1-3-20(26)19-7-5-18(6-8-19)9-14-24-15-12-22(13-16-24)17-25(4-2)21(27)23(28-22)10-11-23;/h5-8H,3-4,9-17H2,1-2H3;1H. The fraction of sp³-hybridized carbons (Fsp3) is 0.652. The van der Waals surface area contributed by atoms with E-state index in [0.717, 1.165) is 70.4 Å². The zero-order valence-corrected chi connectivity index (χ0v) is 18.4. The van der Waals surface area contributed by atoms with Crippen LogP contribution in [0.3, 0.4) is 0 Å². The SMILES string of the molecule is CCC(=O)c1ccc(CCN2CCC3(CC2)CN(CC)C(=O)C2(CC2)O3)cc1.Cl. The van der Waals surface area contributed by atoms with E-state index in [1.165, 1.54) is 5.56 Å². The van der Waals surface area contributed by atoms with Crippen molar-refractivity contribution in [1.82, 2.24) is 9.80 Å². The molecule has 0 radical (unpaired) electrons. The number of piperidine rings is 1. The first-order valence-corrected chi connectivity index (χ1v) is 10.8. The van der Waals surface area contributed by atoms with Crippen LogP contribution >= 0.6 is 12.4 Å². The number of likely N-dealkylation sites (tertiary alicyclic amines) is 1. The molecule has 1 aromatic rings. The summed E-state index contributed by atoms with van der Waals surface area (Å²) in [5.41, 5.74) is 1.47. The number of amides is 1. The van der Waals surface area contributed by atoms with Crippen LogP contribution in [0.15, 0.2) is 24.3 Å². The fourth-order valence-corrected chi connectivity index (χ4v) is 4.68. The van der Waals surface area contributed by atoms with Crippen molar-refractivity contribution in [1.29, 1.82) is 0 Å². The first-order valence-electron chi connectivity index (χ1n) is 10.8. The molecule has 2 spiro atoms. The number of Topliss-reactive ketones (excluding diaryl/α,β-unsaturated/α-hetero) is 1. The van der Waals surface area contributed by atoms with Crippen molar-refractivity contribution in [3.63, 3.8) is 0 Å². The quantitative estimate of drug-likeness (QED) is 0.661. The van der Waals surface area contributed by atoms with Crippen LogP contribution in [0.5, 0.6) is 0 Å². The lowest BCUT2D eigenvalue weighted by Crippen LogP contribution is -2.62. The van der Waals surface area contributed by atoms with Crippen molar-refractivity contribution in [3.8, 4) is 0 Å². The minimum atomic E-state index is -0.478. The number of carbonyl (C=O) groups is 2. The number of ketones is 1. The number of morpholine rings is 1. The van der Waals surface area contributed by atoms with Gasteiger partial charge in [-0.05, 0) is 44.6 Å². The first kappa shape index (κ1) is 22.3. The average Bonchev–Trinajstić information content (AvgIpc) is 3.50. The average molecular weight is 421 g/mol. The van der Waals surface area contributed by atoms with Gasteiger partial charge in [-0.3, -0.25) is 9.59 Å². The van der Waals surface area contributed by atoms with Crippen molar-refractivity contribution in [2.24, 2.45) is 0 Å². The maximum atomic E-state index is 12.5. The highest BCUT2D eigenvalue weighted by Gasteiger charge is 2.61. The summed E-state index contributed by atoms with van der Waals surface area (Å²) in [6.45, 7) is 8.58. The van der Waals surface area contributed by atoms with Crippen LogP contribution in [0, 0.1) is 0 Å². The molecule has 1 aliphatic carbocycles. The van der Waals surface area contributed by atoms with Gasteiger partial charge in [-0.1, -0.05) is 31.2 Å². The molecule has 0 N–H and O–H groups in total. The van der Waals surface area contributed by atoms with Crippen LogP contribution in [0.4, 0.5) is 0 Å². The van der Waals surface area contributed by atoms with Gasteiger partial charge in [0, 0.05) is 44.7 Å². The van der Waals surface area contributed by atoms with Gasteiger partial charge in [0.1, 0.15) is 5.60 Å². The van der Waals surface area contributed by atoms with Crippen LogP contribution in [-0.2, 0) is 16.0 Å². The van der Waals surface area contributed by atoms with Gasteiger partial charge in [0.2, 0.25) is 0 Å². The third-order valence-corrected chi connectivity index (χ3v) is 6.73. The van der Waals surface area contributed by atoms with Crippen LogP contribution < -0.4 is 0 Å². The Bertz CT molecular complexity index is 737. The first-order chi connectivity index (χ1) is 13.5. The Kier molecular flexibility index (Phi) is 6.71. The molecule has 160 valence electrons. The molecule has 3 aliphatic rings. The van der Waals surface area contributed by atoms with Crippen molar-refractivity contribution in [3.05, 3.63) is 35.4 Å². The zero-order chi connectivity index (χ0) is 19.8. The molecule has 6 heteroatoms. The van der Waals surface area contributed by atoms with E-state index >= 15 is 0 Å². The summed E-state index contributed by atoms with van der Waals surface area (Å²) in [6, 6.07) is 8.07. The Morgan fingerprint density at radius 1 is 1.07 bits per heavy atom. The molecule has 5 nitrogen and oxygen atoms in total. The van der Waals surface area contributed by atoms with Crippen LogP contribution in [0.2, 0.25) is 0 Å². The normalized spacial score (nSPS) is 22.6. The van der Waals surface area contributed by atoms with Gasteiger partial charge >= 0.3 is 0 Å². The van der Waals surface area contributed by atoms with E-state index in [0.29, 0.717) is 6.42 Å². The molecular weight excluding hydrogens is 388 g/mol. The fourth-order valence-electron chi connectivity index (χ4n) is 4.68. The highest BCUT2D eigenvalue weighted by molar-refractivity contribution is 5.95. The monoisotopic (exact) mass is 420 g/mol. The highest BCUT2D eigenvalue weighted by Crippen LogP contribution is 2.49. The molecule has 0 unspecified atom stereocenters. The van der Waals surface area contributed by atoms with Crippen LogP contribution in [0.1, 0.15) is 61.9 Å². The number of hydrogen-bond donors (Lipinski definition) is 0. The van der Waals surface area contributed by atoms with Gasteiger partial charge in [-0.25, -0.2) is 0 Å². The van der Waals surface area contributed by atoms with E-state index in [4.69, 9.17) is 4.74 Å². The Morgan fingerprint density at radius 2 is 1.72 bits per heavy atom. The summed E-state index contributed by atoms with van der Waals surface area (Å²) in [5, 5.41) is 0. The smallest absolute Gasteiger partial charge is 0.254 e. The van der Waals surface area contributed by atoms with Gasteiger partial charge in [-0.2, -0.15) is 0 Å². The van der Waals surface area contributed by atoms with Crippen LogP contribution in [-0.4, -0.2) is 65.4 Å². The van der Waals surface area contributed by atoms with E-state index in [1.807, 2.05) is 24.0 Å². The lowest BCUT2D eigenvalue weighted by Gasteiger charge is -2.50. The van der Waals surface area contributed by atoms with Crippen molar-refractivity contribution in [2.45, 2.75) is 63.6 Å². The summed E-state index contributed by atoms with van der Waals surface area (Å²) in [7, 11) is 0. The molecule has 0 bridgehead atoms. The highest BCUT2D eigenvalue weighted by atomic mass is 35.5. The molecule has 1 amide bonds. The molecule has 0 aromatic heterocycles. The second-order valence-electron chi connectivity index (χ2n) is 8.66. The summed E-state index contributed by atoms with van der Waals surface area (Å²) in [5.74, 6) is 0.418. The topological polar surface area (TPSA) is 49.9 Å². The Labute approximate surface area is 180 Å². The van der Waals surface area contributed by atoms with Crippen molar-refractivity contribution >= 4 is 24.1 Å². The van der Waals surface area contributed by atoms with Gasteiger partial charge in [-0.15, -0.1) is 12.4 Å². The Hall–Kier alpha value is -1.43. The van der Waals surface area contributed by atoms with E-state index in [2.05, 4.69) is 24.0 Å². The molecule has 4 rings (SSSR count). The molecular formula is C23H33ClN2O3. The summed E-state index contributed by atoms with van der Waals surface area (Å²) < 4.78 is 6.47. The van der Waals surface area contributed by atoms with E-state index < -0.39 is 5.60 Å². The predicted octanol–water partition coefficient (Wildman–Crippen LogP) is 3.49. The number of ether oxygens (including phenoxy) is 1. The second kappa shape index (κ2) is 8.75. The number of rotatable bonds is 6. The second-order valence-corrected chi connectivity index (χ2v) is 8.66. The van der Waals surface area contributed by atoms with E-state index in [-0.39, 0.29) is 29.7 Å². The number of carbonyl (C=O) groups excluding carboxylic acids is 2. The maximum Gasteiger partial charge on any atom is 0.254 e. The summed E-state index contributed by atoms with van der Waals surface area (Å²) in [6.07, 6.45) is 5.34. The van der Waals surface area contributed by atoms with Crippen molar-refractivity contribution in [2.75, 3.05) is 32.7 Å². The third-order valence-electron chi connectivity index (χ3n) is 6.73. The van der Waals surface area contributed by atoms with Gasteiger partial charge in [0.05, 0.1) is 5.60 Å². The number of nitrogens with zero attached hydrogens (tertiary/aromatic N) is 2. The van der Waals surface area contributed by atoms with Crippen LogP contribution in [0.25, 0.3) is 0 Å². The predicted molar refractivity (Wildman–Crippen MR) is 116 cm³/mol. The molecule has 1 saturated carbocycles. The van der Waals surface area contributed by atoms with Gasteiger partial charge < -0.3 is 14.5 Å². The maximum absolute atomic E-state index is 12.5. The zero-order valence-electron chi connectivity index (χ0n) is 17.6. The Morgan fingerprint density at radius 3 is 2.28 bits per heavy atom. The number of benzene rings is 1. The van der Waals surface area contributed by atoms with Gasteiger partial charge in [0.25, 0.3) is 5.91 Å². The number of hydrogen-bond acceptors (Lipinski definition) is 4. The molecule has 0 atom stereocenters. The molecule has 2 heterocycles. The third kappa shape index (κ3) is 4.52. The molecule has 1 aromatic carbocycles. The minimum Gasteiger partial charge on any atom is -0.357 e. The largest absolute Gasteiger partial charge is 0.357 e. The van der Waals surface area contributed by atoms with E-state index in [1.54, 1.807) is 0 Å². The molecule has 2 saturated heterocycles.